The van der Waals surface area contributed by atoms with Gasteiger partial charge in [0.15, 0.2) is 4.67 Å². The average molecular weight is 366 g/mol. The summed E-state index contributed by atoms with van der Waals surface area (Å²) < 4.78 is 7.00. The van der Waals surface area contributed by atoms with Gasteiger partial charge in [0.25, 0.3) is 0 Å². The van der Waals surface area contributed by atoms with Gasteiger partial charge in [-0.15, -0.1) is 0 Å². The molecule has 0 spiro atoms. The normalized spacial score (nSPS) is 14.9. The Labute approximate surface area is 117 Å². The third kappa shape index (κ3) is 4.44. The zero-order valence-corrected chi connectivity index (χ0v) is 12.4. The predicted molar refractivity (Wildman–Crippen MR) is 71.6 cm³/mol. The Balaban J connectivity index is 1.60. The van der Waals surface area contributed by atoms with E-state index in [4.69, 9.17) is 4.42 Å². The van der Waals surface area contributed by atoms with Crippen LogP contribution in [-0.2, 0) is 11.3 Å². The number of amides is 1. The maximum absolute atomic E-state index is 11.4. The summed E-state index contributed by atoms with van der Waals surface area (Å²) >= 11 is 6.63. The molecule has 1 aliphatic carbocycles. The van der Waals surface area contributed by atoms with Crippen LogP contribution in [0.25, 0.3) is 0 Å². The Kier molecular flexibility index (Phi) is 4.64. The van der Waals surface area contributed by atoms with Crippen molar-refractivity contribution in [2.45, 2.75) is 31.8 Å². The van der Waals surface area contributed by atoms with Crippen molar-refractivity contribution in [3.8, 4) is 0 Å². The molecule has 94 valence electrons. The molecule has 1 fully saturated rings. The van der Waals surface area contributed by atoms with Crippen molar-refractivity contribution >= 4 is 37.8 Å². The predicted octanol–water partition coefficient (Wildman–Crippen LogP) is 2.56. The molecule has 2 N–H and O–H groups in total. The fraction of sp³-hybridized carbons (Fsp3) is 0.545. The van der Waals surface area contributed by atoms with Gasteiger partial charge in [-0.25, -0.2) is 0 Å². The summed E-state index contributed by atoms with van der Waals surface area (Å²) in [4.78, 5) is 11.4. The highest BCUT2D eigenvalue weighted by molar-refractivity contribution is 9.13. The number of hydrogen-bond donors (Lipinski definition) is 2. The molecule has 6 heteroatoms. The molecule has 1 saturated carbocycles. The maximum atomic E-state index is 11.4. The highest BCUT2D eigenvalue weighted by Gasteiger charge is 2.22. The van der Waals surface area contributed by atoms with Gasteiger partial charge in [-0.1, -0.05) is 0 Å². The third-order valence-corrected chi connectivity index (χ3v) is 4.18. The van der Waals surface area contributed by atoms with E-state index in [1.807, 2.05) is 6.07 Å². The van der Waals surface area contributed by atoms with Crippen LogP contribution in [0.4, 0.5) is 0 Å². The molecule has 0 unspecified atom stereocenters. The average Bonchev–Trinajstić information content (AvgIpc) is 3.02. The Morgan fingerprint density at radius 1 is 1.47 bits per heavy atom. The third-order valence-electron chi connectivity index (χ3n) is 2.47. The number of carbonyl (C=O) groups is 1. The Bertz CT molecular complexity index is 383. The van der Waals surface area contributed by atoms with Crippen molar-refractivity contribution in [2.75, 3.05) is 6.54 Å². The lowest BCUT2D eigenvalue weighted by molar-refractivity contribution is -0.121. The number of halogens is 2. The maximum Gasteiger partial charge on any atom is 0.221 e. The summed E-state index contributed by atoms with van der Waals surface area (Å²) in [6.45, 7) is 1.29. The van der Waals surface area contributed by atoms with E-state index in [0.717, 1.165) is 23.1 Å². The fourth-order valence-electron chi connectivity index (χ4n) is 1.42. The minimum atomic E-state index is 0.127. The molecule has 4 nitrogen and oxygen atoms in total. The van der Waals surface area contributed by atoms with Gasteiger partial charge in [-0.3, -0.25) is 4.79 Å². The number of rotatable bonds is 6. The molecule has 0 saturated heterocycles. The molecule has 2 rings (SSSR count). The van der Waals surface area contributed by atoms with Gasteiger partial charge < -0.3 is 15.1 Å². The summed E-state index contributed by atoms with van der Waals surface area (Å²) in [6, 6.07) is 2.35. The number of nitrogens with one attached hydrogen (secondary N) is 2. The van der Waals surface area contributed by atoms with Crippen LogP contribution in [-0.4, -0.2) is 18.5 Å². The van der Waals surface area contributed by atoms with E-state index in [2.05, 4.69) is 42.5 Å². The Morgan fingerprint density at radius 2 is 2.24 bits per heavy atom. The van der Waals surface area contributed by atoms with E-state index in [1.54, 1.807) is 0 Å². The van der Waals surface area contributed by atoms with Gasteiger partial charge in [-0.2, -0.15) is 0 Å². The lowest BCUT2D eigenvalue weighted by Crippen LogP contribution is -2.28. The van der Waals surface area contributed by atoms with Crippen LogP contribution in [0.2, 0.25) is 0 Å². The minimum absolute atomic E-state index is 0.127. The topological polar surface area (TPSA) is 54.3 Å². The zero-order chi connectivity index (χ0) is 12.3. The molecule has 0 radical (unpaired) electrons. The van der Waals surface area contributed by atoms with Crippen molar-refractivity contribution in [3.05, 3.63) is 21.0 Å². The van der Waals surface area contributed by atoms with Crippen LogP contribution in [0.3, 0.4) is 0 Å². The van der Waals surface area contributed by atoms with Gasteiger partial charge in [0.05, 0.1) is 11.0 Å². The summed E-state index contributed by atoms with van der Waals surface area (Å²) in [5.41, 5.74) is 0. The molecule has 1 heterocycles. The second-order valence-corrected chi connectivity index (χ2v) is 5.68. The first-order valence-corrected chi connectivity index (χ1v) is 7.17. The number of carbonyl (C=O) groups excluding carboxylic acids is 1. The Morgan fingerprint density at radius 3 is 2.82 bits per heavy atom. The summed E-state index contributed by atoms with van der Waals surface area (Å²) in [7, 11) is 0. The first kappa shape index (κ1) is 13.1. The lowest BCUT2D eigenvalue weighted by Gasteiger charge is -2.03. The Hall–Kier alpha value is -0.330. The van der Waals surface area contributed by atoms with E-state index < -0.39 is 0 Å². The standard InChI is InChI=1S/C11H14Br2N2O2/c12-9-5-8(17-11(9)13)6-14-4-3-10(16)15-7-1-2-7/h5,7,14H,1-4,6H2,(H,15,16). The van der Waals surface area contributed by atoms with Crippen molar-refractivity contribution in [1.29, 1.82) is 0 Å². The number of hydrogen-bond acceptors (Lipinski definition) is 3. The largest absolute Gasteiger partial charge is 0.452 e. The molecule has 0 aliphatic heterocycles. The van der Waals surface area contributed by atoms with Crippen molar-refractivity contribution < 1.29 is 9.21 Å². The molecule has 0 bridgehead atoms. The van der Waals surface area contributed by atoms with Gasteiger partial charge in [0, 0.05) is 19.0 Å². The molecule has 0 atom stereocenters. The van der Waals surface area contributed by atoms with Gasteiger partial charge in [0.2, 0.25) is 5.91 Å². The van der Waals surface area contributed by atoms with Crippen molar-refractivity contribution in [1.82, 2.24) is 10.6 Å². The second kappa shape index (κ2) is 6.02. The first-order valence-electron chi connectivity index (χ1n) is 5.59. The molecule has 0 aromatic carbocycles. The second-order valence-electron chi connectivity index (χ2n) is 4.10. The quantitative estimate of drug-likeness (QED) is 0.762. The van der Waals surface area contributed by atoms with Crippen LogP contribution in [0.1, 0.15) is 25.0 Å². The van der Waals surface area contributed by atoms with E-state index in [9.17, 15) is 4.79 Å². The zero-order valence-electron chi connectivity index (χ0n) is 9.26. The number of furan rings is 1. The van der Waals surface area contributed by atoms with Crippen molar-refractivity contribution in [3.63, 3.8) is 0 Å². The fourth-order valence-corrected chi connectivity index (χ4v) is 2.08. The summed E-state index contributed by atoms with van der Waals surface area (Å²) in [6.07, 6.45) is 2.78. The molecule has 1 aromatic heterocycles. The highest BCUT2D eigenvalue weighted by atomic mass is 79.9. The van der Waals surface area contributed by atoms with Crippen LogP contribution < -0.4 is 10.6 Å². The highest BCUT2D eigenvalue weighted by Crippen LogP contribution is 2.26. The molecule has 1 amide bonds. The minimum Gasteiger partial charge on any atom is -0.452 e. The summed E-state index contributed by atoms with van der Waals surface area (Å²) in [5.74, 6) is 0.966. The van der Waals surface area contributed by atoms with Crippen LogP contribution >= 0.6 is 31.9 Å². The van der Waals surface area contributed by atoms with Crippen LogP contribution in [0.15, 0.2) is 19.6 Å². The molecular weight excluding hydrogens is 352 g/mol. The smallest absolute Gasteiger partial charge is 0.221 e. The van der Waals surface area contributed by atoms with Gasteiger partial charge in [-0.05, 0) is 50.8 Å². The lowest BCUT2D eigenvalue weighted by atomic mass is 10.3. The van der Waals surface area contributed by atoms with Crippen molar-refractivity contribution in [2.24, 2.45) is 0 Å². The van der Waals surface area contributed by atoms with Crippen LogP contribution in [0, 0.1) is 0 Å². The SMILES string of the molecule is O=C(CCNCc1cc(Br)c(Br)o1)NC1CC1. The van der Waals surface area contributed by atoms with E-state index >= 15 is 0 Å². The van der Waals surface area contributed by atoms with E-state index in [0.29, 0.717) is 30.2 Å². The van der Waals surface area contributed by atoms with Crippen LogP contribution in [0.5, 0.6) is 0 Å². The molecule has 17 heavy (non-hydrogen) atoms. The van der Waals surface area contributed by atoms with E-state index in [1.165, 1.54) is 0 Å². The monoisotopic (exact) mass is 364 g/mol. The summed E-state index contributed by atoms with van der Waals surface area (Å²) in [5, 5.41) is 6.12. The molecule has 1 aliphatic rings. The van der Waals surface area contributed by atoms with Gasteiger partial charge in [0.1, 0.15) is 5.76 Å². The first-order chi connectivity index (χ1) is 8.15. The van der Waals surface area contributed by atoms with E-state index in [-0.39, 0.29) is 5.91 Å². The molecule has 1 aromatic rings. The van der Waals surface area contributed by atoms with Gasteiger partial charge >= 0.3 is 0 Å². The molecular formula is C11H14Br2N2O2.